The van der Waals surface area contributed by atoms with Gasteiger partial charge in [0.2, 0.25) is 0 Å². The Hall–Kier alpha value is -0.940. The van der Waals surface area contributed by atoms with Crippen LogP contribution in [0, 0.1) is 0 Å². The van der Waals surface area contributed by atoms with E-state index < -0.39 is 0 Å². The van der Waals surface area contributed by atoms with Crippen molar-refractivity contribution in [3.05, 3.63) is 35.9 Å². The number of ether oxygens (including phenoxy) is 3. The van der Waals surface area contributed by atoms with E-state index >= 15 is 0 Å². The molecule has 0 amide bonds. The van der Waals surface area contributed by atoms with Crippen molar-refractivity contribution in [1.82, 2.24) is 4.90 Å². The number of benzene rings is 1. The van der Waals surface area contributed by atoms with Gasteiger partial charge in [0.1, 0.15) is 0 Å². The molecular weight excluding hydrogens is 242 g/mol. The number of methoxy groups -OCH3 is 1. The zero-order chi connectivity index (χ0) is 13.8. The number of hydrogen-bond acceptors (Lipinski definition) is 4. The summed E-state index contributed by atoms with van der Waals surface area (Å²) in [5, 5.41) is 0. The standard InChI is InChI=1S/C15H25NO3/c1-16(14-15-6-4-3-5-7-15)8-9-18-12-13-19-11-10-17-2/h3-7H,8-14H2,1-2H3. The summed E-state index contributed by atoms with van der Waals surface area (Å²) >= 11 is 0. The molecule has 0 saturated heterocycles. The zero-order valence-electron chi connectivity index (χ0n) is 12.0. The molecule has 0 spiro atoms. The highest BCUT2D eigenvalue weighted by Gasteiger charge is 1.99. The fraction of sp³-hybridized carbons (Fsp3) is 0.600. The Labute approximate surface area is 116 Å². The highest BCUT2D eigenvalue weighted by molar-refractivity contribution is 5.14. The van der Waals surface area contributed by atoms with E-state index in [0.29, 0.717) is 26.4 Å². The van der Waals surface area contributed by atoms with E-state index in [1.807, 2.05) is 6.07 Å². The normalized spacial score (nSPS) is 11.1. The third kappa shape index (κ3) is 8.72. The van der Waals surface area contributed by atoms with E-state index in [1.165, 1.54) is 5.56 Å². The maximum Gasteiger partial charge on any atom is 0.0701 e. The topological polar surface area (TPSA) is 30.9 Å². The predicted molar refractivity (Wildman–Crippen MR) is 76.3 cm³/mol. The van der Waals surface area contributed by atoms with Gasteiger partial charge in [0.25, 0.3) is 0 Å². The highest BCUT2D eigenvalue weighted by atomic mass is 16.5. The van der Waals surface area contributed by atoms with Crippen LogP contribution in [0.25, 0.3) is 0 Å². The smallest absolute Gasteiger partial charge is 0.0701 e. The third-order valence-corrected chi connectivity index (χ3v) is 2.72. The largest absolute Gasteiger partial charge is 0.382 e. The van der Waals surface area contributed by atoms with Gasteiger partial charge < -0.3 is 14.2 Å². The summed E-state index contributed by atoms with van der Waals surface area (Å²) in [6.45, 7) is 5.15. The minimum absolute atomic E-state index is 0.631. The summed E-state index contributed by atoms with van der Waals surface area (Å²) in [6, 6.07) is 10.5. The van der Waals surface area contributed by atoms with Crippen molar-refractivity contribution in [2.24, 2.45) is 0 Å². The summed E-state index contributed by atoms with van der Waals surface area (Å²) in [4.78, 5) is 2.25. The second-order valence-corrected chi connectivity index (χ2v) is 4.44. The van der Waals surface area contributed by atoms with Crippen molar-refractivity contribution >= 4 is 0 Å². The molecule has 0 aliphatic heterocycles. The molecule has 0 bridgehead atoms. The zero-order valence-corrected chi connectivity index (χ0v) is 12.0. The second-order valence-electron chi connectivity index (χ2n) is 4.44. The second kappa shape index (κ2) is 10.9. The lowest BCUT2D eigenvalue weighted by Gasteiger charge is -2.16. The van der Waals surface area contributed by atoms with Crippen LogP contribution < -0.4 is 0 Å². The van der Waals surface area contributed by atoms with Crippen LogP contribution in [0.2, 0.25) is 0 Å². The van der Waals surface area contributed by atoms with Crippen molar-refractivity contribution in [3.63, 3.8) is 0 Å². The highest BCUT2D eigenvalue weighted by Crippen LogP contribution is 2.01. The molecule has 0 unspecified atom stereocenters. The van der Waals surface area contributed by atoms with Gasteiger partial charge in [-0.2, -0.15) is 0 Å². The first kappa shape index (κ1) is 16.1. The summed E-state index contributed by atoms with van der Waals surface area (Å²) in [5.74, 6) is 0. The molecule has 0 aliphatic rings. The van der Waals surface area contributed by atoms with Crippen LogP contribution in [0.15, 0.2) is 30.3 Å². The summed E-state index contributed by atoms with van der Waals surface area (Å²) < 4.78 is 15.7. The van der Waals surface area contributed by atoms with Crippen LogP contribution in [0.3, 0.4) is 0 Å². The Balaban J connectivity index is 1.94. The Morgan fingerprint density at radius 1 is 0.895 bits per heavy atom. The van der Waals surface area contributed by atoms with Gasteiger partial charge in [-0.3, -0.25) is 4.90 Å². The molecule has 0 atom stereocenters. The van der Waals surface area contributed by atoms with Crippen molar-refractivity contribution < 1.29 is 14.2 Å². The van der Waals surface area contributed by atoms with Gasteiger partial charge in [-0.1, -0.05) is 30.3 Å². The lowest BCUT2D eigenvalue weighted by molar-refractivity contribution is 0.0205. The fourth-order valence-corrected chi connectivity index (χ4v) is 1.66. The van der Waals surface area contributed by atoms with E-state index in [2.05, 4.69) is 36.2 Å². The molecule has 0 aromatic heterocycles. The molecule has 19 heavy (non-hydrogen) atoms. The maximum absolute atomic E-state index is 5.51. The van der Waals surface area contributed by atoms with E-state index in [0.717, 1.165) is 19.7 Å². The molecule has 108 valence electrons. The molecule has 0 heterocycles. The van der Waals surface area contributed by atoms with Gasteiger partial charge in [0.15, 0.2) is 0 Å². The average Bonchev–Trinajstić information content (AvgIpc) is 2.43. The molecule has 0 N–H and O–H groups in total. The molecule has 0 fully saturated rings. The monoisotopic (exact) mass is 267 g/mol. The van der Waals surface area contributed by atoms with Gasteiger partial charge in [-0.05, 0) is 12.6 Å². The predicted octanol–water partition coefficient (Wildman–Crippen LogP) is 1.80. The van der Waals surface area contributed by atoms with Gasteiger partial charge in [-0.25, -0.2) is 0 Å². The molecule has 0 aliphatic carbocycles. The van der Waals surface area contributed by atoms with E-state index in [1.54, 1.807) is 7.11 Å². The van der Waals surface area contributed by atoms with Crippen molar-refractivity contribution in [2.75, 3.05) is 53.7 Å². The SMILES string of the molecule is COCCOCCOCCN(C)Cc1ccccc1. The Kier molecular flexibility index (Phi) is 9.27. The molecule has 4 nitrogen and oxygen atoms in total. The maximum atomic E-state index is 5.51. The number of nitrogens with zero attached hydrogens (tertiary/aromatic N) is 1. The van der Waals surface area contributed by atoms with Crippen LogP contribution >= 0.6 is 0 Å². The van der Waals surface area contributed by atoms with Gasteiger partial charge >= 0.3 is 0 Å². The number of likely N-dealkylation sites (N-methyl/N-ethyl adjacent to an activating group) is 1. The van der Waals surface area contributed by atoms with Crippen molar-refractivity contribution in [2.45, 2.75) is 6.54 Å². The number of rotatable bonds is 11. The lowest BCUT2D eigenvalue weighted by Crippen LogP contribution is -2.23. The lowest BCUT2D eigenvalue weighted by atomic mass is 10.2. The van der Waals surface area contributed by atoms with E-state index in [9.17, 15) is 0 Å². The Morgan fingerprint density at radius 2 is 1.53 bits per heavy atom. The van der Waals surface area contributed by atoms with Crippen LogP contribution in [-0.4, -0.2) is 58.6 Å². The first-order valence-electron chi connectivity index (χ1n) is 6.70. The van der Waals surface area contributed by atoms with E-state index in [4.69, 9.17) is 14.2 Å². The Morgan fingerprint density at radius 3 is 2.21 bits per heavy atom. The van der Waals surface area contributed by atoms with Crippen molar-refractivity contribution in [1.29, 1.82) is 0 Å². The number of hydrogen-bond donors (Lipinski definition) is 0. The molecular formula is C15H25NO3. The van der Waals surface area contributed by atoms with E-state index in [-0.39, 0.29) is 0 Å². The summed E-state index contributed by atoms with van der Waals surface area (Å²) in [6.07, 6.45) is 0. The third-order valence-electron chi connectivity index (χ3n) is 2.72. The summed E-state index contributed by atoms with van der Waals surface area (Å²) in [5.41, 5.74) is 1.33. The van der Waals surface area contributed by atoms with Crippen LogP contribution in [0.5, 0.6) is 0 Å². The molecule has 1 rings (SSSR count). The fourth-order valence-electron chi connectivity index (χ4n) is 1.66. The van der Waals surface area contributed by atoms with Gasteiger partial charge in [0.05, 0.1) is 33.0 Å². The van der Waals surface area contributed by atoms with Gasteiger partial charge in [0, 0.05) is 20.2 Å². The molecule has 1 aromatic rings. The molecule has 4 heteroatoms. The molecule has 0 radical (unpaired) electrons. The van der Waals surface area contributed by atoms with Crippen molar-refractivity contribution in [3.8, 4) is 0 Å². The molecule has 0 saturated carbocycles. The summed E-state index contributed by atoms with van der Waals surface area (Å²) in [7, 11) is 3.77. The minimum atomic E-state index is 0.631. The minimum Gasteiger partial charge on any atom is -0.382 e. The average molecular weight is 267 g/mol. The van der Waals surface area contributed by atoms with Crippen LogP contribution in [0.1, 0.15) is 5.56 Å². The van der Waals surface area contributed by atoms with Crippen LogP contribution in [0.4, 0.5) is 0 Å². The first-order valence-corrected chi connectivity index (χ1v) is 6.70. The first-order chi connectivity index (χ1) is 9.33. The van der Waals surface area contributed by atoms with Gasteiger partial charge in [-0.15, -0.1) is 0 Å². The van der Waals surface area contributed by atoms with Crippen LogP contribution in [-0.2, 0) is 20.8 Å². The quantitative estimate of drug-likeness (QED) is 0.572. The molecule has 1 aromatic carbocycles. The Bertz CT molecular complexity index is 306.